The molecule has 0 unspecified atom stereocenters. The Labute approximate surface area is 59.0 Å². The van der Waals surface area contributed by atoms with E-state index in [9.17, 15) is 5.11 Å². The predicted octanol–water partition coefficient (Wildman–Crippen LogP) is 0.955. The summed E-state index contributed by atoms with van der Waals surface area (Å²) in [5.74, 6) is 0. The molecule has 0 radical (unpaired) electrons. The summed E-state index contributed by atoms with van der Waals surface area (Å²) in [6.45, 7) is 4.58. The van der Waals surface area contributed by atoms with Gasteiger partial charge < -0.3 is 10.0 Å². The van der Waals surface area contributed by atoms with E-state index in [1.54, 1.807) is 0 Å². The molecule has 0 aliphatic heterocycles. The van der Waals surface area contributed by atoms with Crippen LogP contribution in [0.5, 0.6) is 0 Å². The van der Waals surface area contributed by atoms with Crippen LogP contribution in [-0.2, 0) is 0 Å². The normalized spacial score (nSPS) is 18.0. The highest BCUT2D eigenvalue weighted by molar-refractivity contribution is 4.72. The summed E-state index contributed by atoms with van der Waals surface area (Å²) in [5, 5.41) is 9.45. The summed E-state index contributed by atoms with van der Waals surface area (Å²) < 4.78 is 0. The summed E-state index contributed by atoms with van der Waals surface area (Å²) >= 11 is 0. The van der Waals surface area contributed by atoms with Gasteiger partial charge in [-0.15, -0.1) is 0 Å². The minimum absolute atomic E-state index is 0. The molecule has 9 heavy (non-hydrogen) atoms. The fraction of sp³-hybridized carbons (Fsp3) is 1.00. The van der Waals surface area contributed by atoms with Crippen LogP contribution < -0.4 is 0 Å². The molecule has 0 aromatic carbocycles. The van der Waals surface area contributed by atoms with E-state index < -0.39 is 5.60 Å². The van der Waals surface area contributed by atoms with Gasteiger partial charge in [0.1, 0.15) is 0 Å². The number of hydrogen-bond donors (Lipinski definition) is 1. The number of nitrogens with zero attached hydrogens (tertiary/aromatic N) is 1. The molecule has 0 amide bonds. The van der Waals surface area contributed by atoms with Crippen molar-refractivity contribution >= 4 is 0 Å². The second kappa shape index (κ2) is 3.18. The lowest BCUT2D eigenvalue weighted by atomic mass is 10.0. The van der Waals surface area contributed by atoms with Crippen molar-refractivity contribution in [1.82, 2.24) is 4.90 Å². The third-order valence-corrected chi connectivity index (χ3v) is 1.42. The maximum atomic E-state index is 9.45. The number of rotatable bonds is 3. The van der Waals surface area contributed by atoms with Gasteiger partial charge in [0.25, 0.3) is 0 Å². The van der Waals surface area contributed by atoms with Crippen molar-refractivity contribution in [1.29, 1.82) is 0 Å². The van der Waals surface area contributed by atoms with E-state index in [4.69, 9.17) is 0 Å². The van der Waals surface area contributed by atoms with Crippen molar-refractivity contribution in [2.75, 3.05) is 20.6 Å². The Hall–Kier alpha value is -0.0800. The highest BCUT2D eigenvalue weighted by atomic mass is 16.3. The number of hydrogen-bond acceptors (Lipinski definition) is 2. The van der Waals surface area contributed by atoms with Crippen molar-refractivity contribution in [3.05, 3.63) is 0 Å². The van der Waals surface area contributed by atoms with Gasteiger partial charge in [0.05, 0.1) is 5.60 Å². The van der Waals surface area contributed by atoms with Gasteiger partial charge in [-0.05, 0) is 27.4 Å². The molecule has 0 aliphatic rings. The molecule has 0 aromatic rings. The van der Waals surface area contributed by atoms with Crippen LogP contribution in [-0.4, -0.2) is 36.2 Å². The standard InChI is InChI=1S/C7H17NO.H2/c1-5-7(2,9)6-8(3)4;/h9H,5-6H2,1-4H3;1H/t7-;/m1./s1. The van der Waals surface area contributed by atoms with Crippen LogP contribution in [0.25, 0.3) is 0 Å². The summed E-state index contributed by atoms with van der Waals surface area (Å²) in [7, 11) is 3.92. The lowest BCUT2D eigenvalue weighted by Gasteiger charge is -2.24. The average molecular weight is 133 g/mol. The van der Waals surface area contributed by atoms with E-state index in [1.807, 2.05) is 32.8 Å². The highest BCUT2D eigenvalue weighted by Crippen LogP contribution is 2.07. The van der Waals surface area contributed by atoms with Gasteiger partial charge in [-0.3, -0.25) is 0 Å². The smallest absolute Gasteiger partial charge is 0.0743 e. The Morgan fingerprint density at radius 1 is 1.56 bits per heavy atom. The first-order valence-electron chi connectivity index (χ1n) is 3.35. The van der Waals surface area contributed by atoms with E-state index >= 15 is 0 Å². The third-order valence-electron chi connectivity index (χ3n) is 1.42. The van der Waals surface area contributed by atoms with Gasteiger partial charge >= 0.3 is 0 Å². The predicted molar refractivity (Wildman–Crippen MR) is 41.6 cm³/mol. The van der Waals surface area contributed by atoms with Crippen LogP contribution in [0.4, 0.5) is 0 Å². The van der Waals surface area contributed by atoms with Crippen LogP contribution in [0.1, 0.15) is 21.7 Å². The van der Waals surface area contributed by atoms with Crippen LogP contribution >= 0.6 is 0 Å². The maximum absolute atomic E-state index is 9.45. The summed E-state index contributed by atoms with van der Waals surface area (Å²) in [5.41, 5.74) is -0.510. The van der Waals surface area contributed by atoms with E-state index in [-0.39, 0.29) is 1.43 Å². The van der Waals surface area contributed by atoms with Crippen molar-refractivity contribution in [2.24, 2.45) is 0 Å². The SMILES string of the molecule is CC[C@@](C)(O)CN(C)C.[HH]. The van der Waals surface area contributed by atoms with E-state index in [1.165, 1.54) is 0 Å². The quantitative estimate of drug-likeness (QED) is 0.619. The molecule has 1 N–H and O–H groups in total. The molecule has 0 bridgehead atoms. The lowest BCUT2D eigenvalue weighted by Crippen LogP contribution is -2.36. The zero-order chi connectivity index (χ0) is 7.49. The van der Waals surface area contributed by atoms with Crippen molar-refractivity contribution < 1.29 is 6.53 Å². The van der Waals surface area contributed by atoms with Crippen molar-refractivity contribution in [3.8, 4) is 0 Å². The average Bonchev–Trinajstić information content (AvgIpc) is 1.63. The van der Waals surface area contributed by atoms with E-state index in [2.05, 4.69) is 0 Å². The van der Waals surface area contributed by atoms with Gasteiger partial charge in [-0.1, -0.05) is 6.92 Å². The Bertz CT molecular complexity index is 83.7. The van der Waals surface area contributed by atoms with Crippen LogP contribution in [0.15, 0.2) is 0 Å². The van der Waals surface area contributed by atoms with E-state index in [0.717, 1.165) is 13.0 Å². The first kappa shape index (κ1) is 8.92. The summed E-state index contributed by atoms with van der Waals surface area (Å²) in [4.78, 5) is 1.99. The van der Waals surface area contributed by atoms with Gasteiger partial charge in [0.2, 0.25) is 0 Å². The molecule has 0 saturated carbocycles. The third kappa shape index (κ3) is 4.43. The van der Waals surface area contributed by atoms with Crippen LogP contribution in [0.2, 0.25) is 0 Å². The zero-order valence-electron chi connectivity index (χ0n) is 6.81. The molecule has 0 saturated heterocycles. The Balaban J connectivity index is 0. The maximum Gasteiger partial charge on any atom is 0.0743 e. The van der Waals surface area contributed by atoms with Gasteiger partial charge in [0.15, 0.2) is 0 Å². The Kier molecular flexibility index (Phi) is 3.15. The fourth-order valence-electron chi connectivity index (χ4n) is 0.793. The van der Waals surface area contributed by atoms with Crippen molar-refractivity contribution in [3.63, 3.8) is 0 Å². The minimum atomic E-state index is -0.510. The first-order chi connectivity index (χ1) is 3.98. The Morgan fingerprint density at radius 2 is 2.00 bits per heavy atom. The summed E-state index contributed by atoms with van der Waals surface area (Å²) in [6, 6.07) is 0. The first-order valence-corrected chi connectivity index (χ1v) is 3.35. The molecular formula is C7H19NO. The molecule has 2 heteroatoms. The second-order valence-electron chi connectivity index (χ2n) is 3.09. The molecule has 0 spiro atoms. The van der Waals surface area contributed by atoms with Crippen LogP contribution in [0.3, 0.4) is 0 Å². The summed E-state index contributed by atoms with van der Waals surface area (Å²) in [6.07, 6.45) is 0.811. The fourth-order valence-corrected chi connectivity index (χ4v) is 0.793. The largest absolute Gasteiger partial charge is 0.389 e. The second-order valence-corrected chi connectivity index (χ2v) is 3.09. The monoisotopic (exact) mass is 133 g/mol. The topological polar surface area (TPSA) is 23.5 Å². The molecule has 0 rings (SSSR count). The number of likely N-dealkylation sites (N-methyl/N-ethyl adjacent to an activating group) is 1. The van der Waals surface area contributed by atoms with Gasteiger partial charge in [0, 0.05) is 7.97 Å². The zero-order valence-corrected chi connectivity index (χ0v) is 6.81. The molecule has 0 aliphatic carbocycles. The molecule has 2 nitrogen and oxygen atoms in total. The molecule has 58 valence electrons. The van der Waals surface area contributed by atoms with Crippen LogP contribution in [0, 0.1) is 0 Å². The van der Waals surface area contributed by atoms with Crippen molar-refractivity contribution in [2.45, 2.75) is 25.9 Å². The molecule has 0 aromatic heterocycles. The number of aliphatic hydroxyl groups is 1. The molecule has 0 heterocycles. The van der Waals surface area contributed by atoms with Gasteiger partial charge in [-0.25, -0.2) is 0 Å². The minimum Gasteiger partial charge on any atom is -0.389 e. The molecular weight excluding hydrogens is 114 g/mol. The lowest BCUT2D eigenvalue weighted by molar-refractivity contribution is 0.0301. The highest BCUT2D eigenvalue weighted by Gasteiger charge is 2.17. The van der Waals surface area contributed by atoms with E-state index in [0.29, 0.717) is 0 Å². The molecule has 0 fully saturated rings. The van der Waals surface area contributed by atoms with Gasteiger partial charge in [-0.2, -0.15) is 0 Å². The molecule has 1 atom stereocenters. The Morgan fingerprint density at radius 3 is 2.11 bits per heavy atom.